The smallest absolute Gasteiger partial charge is 0.135 e. The molecule has 0 aliphatic carbocycles. The number of para-hydroxylation sites is 2. The number of aromatic nitrogens is 2. The second-order valence-corrected chi connectivity index (χ2v) is 20.4. The summed E-state index contributed by atoms with van der Waals surface area (Å²) in [6, 6.07) is 55.1. The number of rotatable bonds is 7. The molecular weight excluding hydrogens is 1150 g/mol. The Balaban J connectivity index is 0.00000306. The van der Waals surface area contributed by atoms with E-state index >= 15 is 0 Å². The molecule has 0 radical (unpaired) electrons. The van der Waals surface area contributed by atoms with Gasteiger partial charge in [-0.15, -0.1) is 48.1 Å². The molecule has 334 valence electrons. The predicted octanol–water partition coefficient (Wildman–Crippen LogP) is 15.2. The Morgan fingerprint density at radius 2 is 1.12 bits per heavy atom. The molecule has 6 aromatic carbocycles. The van der Waals surface area contributed by atoms with E-state index in [1.807, 2.05) is 24.4 Å². The second kappa shape index (κ2) is 17.4. The van der Waals surface area contributed by atoms with Gasteiger partial charge in [0.05, 0.1) is 0 Å². The summed E-state index contributed by atoms with van der Waals surface area (Å²) in [6.45, 7) is 27.2. The van der Waals surface area contributed by atoms with Gasteiger partial charge in [-0.05, 0) is 91.9 Å². The number of pyridine rings is 1. The van der Waals surface area contributed by atoms with Crippen molar-refractivity contribution in [2.75, 3.05) is 9.80 Å². The van der Waals surface area contributed by atoms with Crippen molar-refractivity contribution in [3.05, 3.63) is 186 Å². The molecule has 3 heterocycles. The van der Waals surface area contributed by atoms with Crippen molar-refractivity contribution in [2.24, 2.45) is 0 Å². The molecule has 1 aliphatic rings. The van der Waals surface area contributed by atoms with Crippen LogP contribution in [0.1, 0.15) is 104 Å². The Morgan fingerprint density at radius 3 is 1.78 bits per heavy atom. The normalized spacial score (nSPS) is 13.2. The number of anilines is 4. The van der Waals surface area contributed by atoms with Gasteiger partial charge in [0.1, 0.15) is 5.82 Å². The Hall–Kier alpha value is -4.95. The summed E-state index contributed by atoms with van der Waals surface area (Å²) < 4.78 is 8.93. The van der Waals surface area contributed by atoms with Gasteiger partial charge in [0, 0.05) is 87.8 Å². The third-order valence-corrected chi connectivity index (χ3v) is 12.5. The van der Waals surface area contributed by atoms with Gasteiger partial charge in [-0.2, -0.15) is 12.1 Å². The minimum absolute atomic E-state index is 0. The molecule has 64 heavy (non-hydrogen) atoms. The van der Waals surface area contributed by atoms with Crippen molar-refractivity contribution in [1.82, 2.24) is 9.55 Å². The predicted molar refractivity (Wildman–Crippen MR) is 259 cm³/mol. The Kier molecular flexibility index (Phi) is 12.8. The Labute approximate surface area is 409 Å². The van der Waals surface area contributed by atoms with E-state index in [0.29, 0.717) is 11.5 Å². The zero-order valence-corrected chi connectivity index (χ0v) is 43.2. The van der Waals surface area contributed by atoms with Crippen LogP contribution in [0.5, 0.6) is 11.5 Å². The molecule has 0 spiro atoms. The van der Waals surface area contributed by atoms with Gasteiger partial charge in [-0.1, -0.05) is 142 Å². The number of ether oxygens (including phenoxy) is 1. The van der Waals surface area contributed by atoms with E-state index in [1.165, 1.54) is 27.8 Å². The fraction of sp³-hybridized carbons (Fsp3) is 0.263. The first-order valence-electron chi connectivity index (χ1n) is 21.8. The van der Waals surface area contributed by atoms with Crippen molar-refractivity contribution in [1.29, 1.82) is 0 Å². The molecule has 0 atom stereocenters. The number of hydrogen-bond acceptors (Lipinski definition) is 4. The third-order valence-electron chi connectivity index (χ3n) is 12.5. The maximum Gasteiger partial charge on any atom is 0.135 e. The van der Waals surface area contributed by atoms with E-state index in [0.717, 1.165) is 50.4 Å². The molecule has 9 rings (SSSR count). The van der Waals surface area contributed by atoms with Gasteiger partial charge in [0.15, 0.2) is 0 Å². The van der Waals surface area contributed by atoms with Crippen LogP contribution in [0.4, 0.5) is 22.7 Å². The molecule has 0 bridgehead atoms. The first-order valence-corrected chi connectivity index (χ1v) is 21.8. The summed E-state index contributed by atoms with van der Waals surface area (Å²) in [6.07, 6.45) is 1.92. The number of fused-ring (bicyclic) bond motifs is 4. The van der Waals surface area contributed by atoms with Gasteiger partial charge in [-0.25, -0.2) is 4.98 Å². The molecule has 5 nitrogen and oxygen atoms in total. The van der Waals surface area contributed by atoms with Crippen molar-refractivity contribution < 1.29 is 46.9 Å². The first-order chi connectivity index (χ1) is 29.4. The largest absolute Gasteiger partial charge is 0.509 e. The van der Waals surface area contributed by atoms with Crippen molar-refractivity contribution in [2.45, 2.75) is 97.8 Å². The van der Waals surface area contributed by atoms with E-state index < -0.39 is 0 Å². The summed E-state index contributed by atoms with van der Waals surface area (Å²) in [5.41, 5.74) is 12.3. The quantitative estimate of drug-likeness (QED) is 0.149. The monoisotopic (exact) mass is 1200 g/mol. The number of benzene rings is 6. The van der Waals surface area contributed by atoms with Crippen LogP contribution in [0.25, 0.3) is 27.6 Å². The van der Waals surface area contributed by atoms with Gasteiger partial charge >= 0.3 is 0 Å². The summed E-state index contributed by atoms with van der Waals surface area (Å²) >= 11 is 0. The topological polar surface area (TPSA) is 33.5 Å². The maximum atomic E-state index is 6.69. The molecule has 0 N–H and O–H groups in total. The second-order valence-electron chi connectivity index (χ2n) is 20.4. The van der Waals surface area contributed by atoms with Gasteiger partial charge in [0.25, 0.3) is 0 Å². The standard InChI is InChI=1S/C57H57N4O.2Pt/c1-54(2,3)39-28-29-58-53(34-39)61-49-27-24-40(57(10,11)38-18-13-12-14-19-38)33-48(49)47-26-25-46(36-52(47)61)62-45-21-17-20-43(35-45)59-37-60(51-23-16-15-22-50(51)59)44-31-41(55(4,5)6)30-42(32-44)56(7,8)9;;/h12-34,37H,1-11H3;;/q-3;;. The molecule has 0 amide bonds. The van der Waals surface area contributed by atoms with Crippen LogP contribution in [-0.2, 0) is 63.8 Å². The number of nitrogens with zero attached hydrogens (tertiary/aromatic N) is 4. The maximum absolute atomic E-state index is 6.69. The van der Waals surface area contributed by atoms with E-state index in [1.54, 1.807) is 0 Å². The average Bonchev–Trinajstić information content (AvgIpc) is 3.79. The van der Waals surface area contributed by atoms with E-state index in [4.69, 9.17) is 9.72 Å². The molecule has 8 aromatic rings. The van der Waals surface area contributed by atoms with Gasteiger partial charge in [0.2, 0.25) is 0 Å². The van der Waals surface area contributed by atoms with E-state index in [-0.39, 0.29) is 63.8 Å². The molecule has 2 aromatic heterocycles. The zero-order valence-electron chi connectivity index (χ0n) is 38.7. The Bertz CT molecular complexity index is 2930. The average molecular weight is 1200 g/mol. The van der Waals surface area contributed by atoms with Crippen molar-refractivity contribution in [3.8, 4) is 17.3 Å². The summed E-state index contributed by atoms with van der Waals surface area (Å²) in [4.78, 5) is 9.45. The summed E-state index contributed by atoms with van der Waals surface area (Å²) in [5, 5.41) is 2.24. The van der Waals surface area contributed by atoms with Crippen LogP contribution in [0.3, 0.4) is 0 Å². The molecule has 0 unspecified atom stereocenters. The fourth-order valence-corrected chi connectivity index (χ4v) is 8.52. The molecular formula is C57H57N4OPt2-3. The van der Waals surface area contributed by atoms with Gasteiger partial charge < -0.3 is 19.1 Å². The molecule has 7 heteroatoms. The van der Waals surface area contributed by atoms with Crippen LogP contribution < -0.4 is 14.5 Å². The molecule has 0 fully saturated rings. The van der Waals surface area contributed by atoms with Crippen LogP contribution in [0.15, 0.2) is 140 Å². The third kappa shape index (κ3) is 8.88. The van der Waals surface area contributed by atoms with Crippen LogP contribution in [0.2, 0.25) is 0 Å². The number of hydrogen-bond donors (Lipinski definition) is 0. The minimum Gasteiger partial charge on any atom is -0.509 e. The minimum atomic E-state index is -0.196. The Morgan fingerprint density at radius 1 is 0.500 bits per heavy atom. The van der Waals surface area contributed by atoms with Crippen molar-refractivity contribution >= 4 is 44.6 Å². The summed E-state index contributed by atoms with van der Waals surface area (Å²) in [5.74, 6) is 2.06. The van der Waals surface area contributed by atoms with Crippen LogP contribution >= 0.6 is 0 Å². The van der Waals surface area contributed by atoms with Crippen LogP contribution in [-0.4, -0.2) is 9.55 Å². The molecule has 0 saturated carbocycles. The van der Waals surface area contributed by atoms with Crippen LogP contribution in [0, 0.1) is 18.8 Å². The zero-order chi connectivity index (χ0) is 43.8. The SMILES string of the molecule is CC(C)(C)c1cc(N2[CH-]N(c3[c-]c(Oc4[c-]c5c(cc4)c4cc(C(C)(C)c6ccccc6)ccc4n5-c4cc(C(C)(C)C)ccn4)ccc3)c3ccccc32)cc(C(C)(C)C)c1.[Pt].[Pt]. The van der Waals surface area contributed by atoms with Crippen molar-refractivity contribution in [3.63, 3.8) is 0 Å². The fourth-order valence-electron chi connectivity index (χ4n) is 8.52. The van der Waals surface area contributed by atoms with E-state index in [9.17, 15) is 0 Å². The molecule has 0 saturated heterocycles. The molecule has 1 aliphatic heterocycles. The first kappa shape index (κ1) is 47.0. The summed E-state index contributed by atoms with van der Waals surface area (Å²) in [7, 11) is 0. The van der Waals surface area contributed by atoms with E-state index in [2.05, 4.69) is 225 Å². The van der Waals surface area contributed by atoms with Gasteiger partial charge in [-0.3, -0.25) is 0 Å².